The Balaban J connectivity index is 2.03. The van der Waals surface area contributed by atoms with Crippen LogP contribution in [0.1, 0.15) is 29.3 Å². The van der Waals surface area contributed by atoms with Crippen LogP contribution in [0.5, 0.6) is 0 Å². The largest absolute Gasteiger partial charge is 0.416 e. The molecule has 0 radical (unpaired) electrons. The van der Waals surface area contributed by atoms with Crippen molar-refractivity contribution >= 4 is 17.6 Å². The van der Waals surface area contributed by atoms with Crippen LogP contribution in [0.4, 0.5) is 19.2 Å². The van der Waals surface area contributed by atoms with E-state index < -0.39 is 17.1 Å². The lowest BCUT2D eigenvalue weighted by Crippen LogP contribution is -2.07. The van der Waals surface area contributed by atoms with Gasteiger partial charge in [0.2, 0.25) is 5.89 Å². The Labute approximate surface area is 118 Å². The fourth-order valence-corrected chi connectivity index (χ4v) is 1.59. The van der Waals surface area contributed by atoms with E-state index in [9.17, 15) is 13.2 Å². The van der Waals surface area contributed by atoms with E-state index in [1.54, 1.807) is 13.0 Å². The van der Waals surface area contributed by atoms with Crippen LogP contribution in [0.25, 0.3) is 0 Å². The maximum atomic E-state index is 12.5. The number of nitrogens with zero attached hydrogens (tertiary/aromatic N) is 2. The molecule has 1 heterocycles. The topological polar surface area (TPSA) is 51.0 Å². The molecule has 0 fully saturated rings. The molecule has 0 amide bonds. The minimum Gasteiger partial charge on any atom is -0.406 e. The molecule has 8 heteroatoms. The Kier molecular flexibility index (Phi) is 4.17. The molecular formula is C12H11ClF3N3O. The molecular weight excluding hydrogens is 295 g/mol. The molecule has 1 unspecified atom stereocenters. The van der Waals surface area contributed by atoms with Crippen LogP contribution >= 0.6 is 11.6 Å². The highest BCUT2D eigenvalue weighted by molar-refractivity contribution is 6.20. The van der Waals surface area contributed by atoms with Gasteiger partial charge in [-0.1, -0.05) is 17.2 Å². The van der Waals surface area contributed by atoms with Gasteiger partial charge in [0.05, 0.1) is 5.56 Å². The molecule has 20 heavy (non-hydrogen) atoms. The number of benzene rings is 1. The van der Waals surface area contributed by atoms with Crippen LogP contribution in [0, 0.1) is 0 Å². The Morgan fingerprint density at radius 3 is 2.70 bits per heavy atom. The quantitative estimate of drug-likeness (QED) is 0.867. The van der Waals surface area contributed by atoms with Crippen molar-refractivity contribution in [2.24, 2.45) is 0 Å². The Morgan fingerprint density at radius 1 is 1.35 bits per heavy atom. The van der Waals surface area contributed by atoms with E-state index in [-0.39, 0.29) is 18.5 Å². The first-order valence-corrected chi connectivity index (χ1v) is 6.17. The van der Waals surface area contributed by atoms with Crippen molar-refractivity contribution in [2.45, 2.75) is 25.0 Å². The third-order valence-electron chi connectivity index (χ3n) is 2.48. The minimum absolute atomic E-state index is 0.116. The second-order valence-electron chi connectivity index (χ2n) is 4.11. The van der Waals surface area contributed by atoms with E-state index in [0.29, 0.717) is 5.56 Å². The lowest BCUT2D eigenvalue weighted by atomic mass is 10.1. The van der Waals surface area contributed by atoms with Crippen LogP contribution in [-0.2, 0) is 12.7 Å². The molecule has 4 nitrogen and oxygen atoms in total. The molecule has 1 atom stereocenters. The molecule has 0 saturated carbocycles. The van der Waals surface area contributed by atoms with Gasteiger partial charge in [0.1, 0.15) is 5.38 Å². The van der Waals surface area contributed by atoms with Gasteiger partial charge in [-0.2, -0.15) is 13.2 Å². The average Bonchev–Trinajstić information content (AvgIpc) is 2.85. The van der Waals surface area contributed by atoms with Crippen LogP contribution in [0.2, 0.25) is 0 Å². The van der Waals surface area contributed by atoms with Gasteiger partial charge >= 0.3 is 12.2 Å². The summed E-state index contributed by atoms with van der Waals surface area (Å²) in [6, 6.07) is 5.12. The standard InChI is InChI=1S/C12H11ClF3N3O/c1-7(13)10-18-19-11(20-10)17-6-8-3-2-4-9(5-8)12(14,15)16/h2-5,7H,6H2,1H3,(H,17,19). The van der Waals surface area contributed by atoms with Gasteiger partial charge < -0.3 is 9.73 Å². The van der Waals surface area contributed by atoms with Gasteiger partial charge in [-0.05, 0) is 24.6 Å². The van der Waals surface area contributed by atoms with Gasteiger partial charge in [0.25, 0.3) is 0 Å². The zero-order valence-corrected chi connectivity index (χ0v) is 11.2. The van der Waals surface area contributed by atoms with E-state index in [0.717, 1.165) is 12.1 Å². The normalized spacial score (nSPS) is 13.2. The molecule has 108 valence electrons. The van der Waals surface area contributed by atoms with Crippen molar-refractivity contribution in [2.75, 3.05) is 5.32 Å². The zero-order valence-electron chi connectivity index (χ0n) is 10.4. The molecule has 2 aromatic rings. The number of rotatable bonds is 4. The Hall–Kier alpha value is -1.76. The summed E-state index contributed by atoms with van der Waals surface area (Å²) in [6.45, 7) is 1.81. The predicted octanol–water partition coefficient (Wildman–Crippen LogP) is 4.00. The molecule has 1 aromatic carbocycles. The summed E-state index contributed by atoms with van der Waals surface area (Å²) in [5.74, 6) is 0.248. The zero-order chi connectivity index (χ0) is 14.8. The first-order valence-electron chi connectivity index (χ1n) is 5.74. The van der Waals surface area contributed by atoms with Crippen LogP contribution in [0.15, 0.2) is 28.7 Å². The summed E-state index contributed by atoms with van der Waals surface area (Å²) in [4.78, 5) is 0. The fraction of sp³-hybridized carbons (Fsp3) is 0.333. The van der Waals surface area contributed by atoms with Crippen molar-refractivity contribution in [3.05, 3.63) is 41.3 Å². The van der Waals surface area contributed by atoms with Gasteiger partial charge in [0, 0.05) is 6.54 Å². The summed E-state index contributed by atoms with van der Waals surface area (Å²) < 4.78 is 42.8. The molecule has 1 N–H and O–H groups in total. The van der Waals surface area contributed by atoms with Gasteiger partial charge in [-0.15, -0.1) is 16.7 Å². The van der Waals surface area contributed by atoms with Crippen LogP contribution < -0.4 is 5.32 Å². The van der Waals surface area contributed by atoms with Crippen molar-refractivity contribution in [3.8, 4) is 0 Å². The lowest BCUT2D eigenvalue weighted by molar-refractivity contribution is -0.137. The number of halogens is 4. The van der Waals surface area contributed by atoms with E-state index in [1.165, 1.54) is 6.07 Å². The van der Waals surface area contributed by atoms with Gasteiger partial charge in [-0.25, -0.2) is 0 Å². The van der Waals surface area contributed by atoms with Gasteiger partial charge in [0.15, 0.2) is 0 Å². The Bertz CT molecular complexity index is 583. The molecule has 0 bridgehead atoms. The molecule has 0 aliphatic rings. The fourth-order valence-electron chi connectivity index (χ4n) is 1.50. The van der Waals surface area contributed by atoms with E-state index in [1.807, 2.05) is 0 Å². The minimum atomic E-state index is -4.36. The summed E-state index contributed by atoms with van der Waals surface area (Å²) in [5, 5.41) is 9.71. The van der Waals surface area contributed by atoms with Crippen LogP contribution in [-0.4, -0.2) is 10.2 Å². The maximum Gasteiger partial charge on any atom is 0.416 e. The molecule has 0 aliphatic carbocycles. The molecule has 0 saturated heterocycles. The smallest absolute Gasteiger partial charge is 0.406 e. The number of alkyl halides is 4. The van der Waals surface area contributed by atoms with E-state index >= 15 is 0 Å². The first-order chi connectivity index (χ1) is 9.36. The number of anilines is 1. The maximum absolute atomic E-state index is 12.5. The highest BCUT2D eigenvalue weighted by atomic mass is 35.5. The number of nitrogens with one attached hydrogen (secondary N) is 1. The SMILES string of the molecule is CC(Cl)c1nnc(NCc2cccc(C(F)(F)F)c2)o1. The van der Waals surface area contributed by atoms with Crippen LogP contribution in [0.3, 0.4) is 0 Å². The number of aromatic nitrogens is 2. The van der Waals surface area contributed by atoms with Crippen molar-refractivity contribution in [1.29, 1.82) is 0 Å². The number of hydrogen-bond donors (Lipinski definition) is 1. The third kappa shape index (κ3) is 3.63. The summed E-state index contributed by atoms with van der Waals surface area (Å²) in [5.41, 5.74) is -0.240. The van der Waals surface area contributed by atoms with E-state index in [2.05, 4.69) is 15.5 Å². The van der Waals surface area contributed by atoms with Crippen molar-refractivity contribution in [3.63, 3.8) is 0 Å². The highest BCUT2D eigenvalue weighted by Crippen LogP contribution is 2.29. The third-order valence-corrected chi connectivity index (χ3v) is 2.67. The second-order valence-corrected chi connectivity index (χ2v) is 4.77. The van der Waals surface area contributed by atoms with Crippen molar-refractivity contribution < 1.29 is 17.6 Å². The van der Waals surface area contributed by atoms with Gasteiger partial charge in [-0.3, -0.25) is 0 Å². The predicted molar refractivity (Wildman–Crippen MR) is 67.3 cm³/mol. The first kappa shape index (κ1) is 14.6. The average molecular weight is 306 g/mol. The summed E-state index contributed by atoms with van der Waals surface area (Å²) >= 11 is 5.76. The summed E-state index contributed by atoms with van der Waals surface area (Å²) in [7, 11) is 0. The molecule has 0 aliphatic heterocycles. The summed E-state index contributed by atoms with van der Waals surface area (Å²) in [6.07, 6.45) is -4.36. The monoisotopic (exact) mass is 305 g/mol. The lowest BCUT2D eigenvalue weighted by Gasteiger charge is -2.08. The molecule has 1 aromatic heterocycles. The Morgan fingerprint density at radius 2 is 2.10 bits per heavy atom. The van der Waals surface area contributed by atoms with Crippen molar-refractivity contribution in [1.82, 2.24) is 10.2 Å². The molecule has 2 rings (SSSR count). The highest BCUT2D eigenvalue weighted by Gasteiger charge is 2.30. The van der Waals surface area contributed by atoms with E-state index in [4.69, 9.17) is 16.0 Å². The second kappa shape index (κ2) is 5.70. The number of hydrogen-bond acceptors (Lipinski definition) is 4. The molecule has 0 spiro atoms.